The van der Waals surface area contributed by atoms with Gasteiger partial charge in [0.25, 0.3) is 0 Å². The van der Waals surface area contributed by atoms with Crippen molar-refractivity contribution in [2.24, 2.45) is 23.7 Å². The molecule has 13 rings (SSSR count). The number of fused-ring (bicyclic) bond motifs is 17. The summed E-state index contributed by atoms with van der Waals surface area (Å²) in [4.78, 5) is 45.7. The molecule has 11 atom stereocenters. The third kappa shape index (κ3) is 9.72. The Hall–Kier alpha value is -7.15. The van der Waals surface area contributed by atoms with Gasteiger partial charge in [0.1, 0.15) is 11.3 Å². The fourth-order valence-corrected chi connectivity index (χ4v) is 14.6. The van der Waals surface area contributed by atoms with E-state index in [0.29, 0.717) is 48.0 Å². The lowest BCUT2D eigenvalue weighted by Gasteiger charge is -2.52. The fourth-order valence-electron chi connectivity index (χ4n) is 14.6. The third-order valence-corrected chi connectivity index (χ3v) is 18.4. The largest absolute Gasteiger partial charge is 0.482 e. The minimum absolute atomic E-state index is 0.00326. The summed E-state index contributed by atoms with van der Waals surface area (Å²) < 4.78 is 33.6. The molecule has 79 heavy (non-hydrogen) atoms. The number of methoxy groups -OCH3 is 1. The molecular formula is C68H68O11. The van der Waals surface area contributed by atoms with Gasteiger partial charge in [-0.2, -0.15) is 0 Å². The zero-order valence-electron chi connectivity index (χ0n) is 44.8. The Bertz CT molecular complexity index is 3450. The number of benzene rings is 5. The minimum Gasteiger partial charge on any atom is -0.482 e. The number of esters is 2. The first kappa shape index (κ1) is 52.5. The molecule has 4 aliphatic carbocycles. The molecular weight excluding hydrogens is 993 g/mol. The van der Waals surface area contributed by atoms with Gasteiger partial charge in [-0.1, -0.05) is 140 Å². The van der Waals surface area contributed by atoms with Crippen molar-refractivity contribution in [2.75, 3.05) is 26.9 Å². The van der Waals surface area contributed by atoms with Crippen molar-refractivity contribution in [1.29, 1.82) is 0 Å². The second-order valence-electron chi connectivity index (χ2n) is 22.8. The first-order valence-corrected chi connectivity index (χ1v) is 28.1. The van der Waals surface area contributed by atoms with Gasteiger partial charge in [-0.3, -0.25) is 4.79 Å². The Kier molecular flexibility index (Phi) is 14.7. The number of carbonyl (C=O) groups excluding carboxylic acids is 2. The number of rotatable bonds is 10. The molecule has 5 aromatic carbocycles. The highest BCUT2D eigenvalue weighted by Crippen LogP contribution is 2.62. The summed E-state index contributed by atoms with van der Waals surface area (Å²) in [5.41, 5.74) is 7.49. The molecule has 2 bridgehead atoms. The lowest BCUT2D eigenvalue weighted by atomic mass is 9.66. The Morgan fingerprint density at radius 2 is 1.61 bits per heavy atom. The predicted octanol–water partition coefficient (Wildman–Crippen LogP) is 11.4. The van der Waals surface area contributed by atoms with E-state index in [1.54, 1.807) is 19.1 Å². The quantitative estimate of drug-likeness (QED) is 0.0518. The van der Waals surface area contributed by atoms with Crippen LogP contribution in [0.3, 0.4) is 0 Å². The minimum atomic E-state index is -1.38. The molecule has 0 saturated heterocycles. The second kappa shape index (κ2) is 22.2. The van der Waals surface area contributed by atoms with Crippen LogP contribution in [0.4, 0.5) is 0 Å². The number of allylic oxidation sites excluding steroid dienone is 4. The number of aryl methyl sites for hydroxylation is 1. The number of hydrogen-bond donors (Lipinski definition) is 3. The van der Waals surface area contributed by atoms with Crippen molar-refractivity contribution < 1.29 is 48.3 Å². The van der Waals surface area contributed by atoms with Crippen molar-refractivity contribution >= 4 is 29.0 Å². The van der Waals surface area contributed by atoms with E-state index in [1.807, 2.05) is 6.07 Å². The summed E-state index contributed by atoms with van der Waals surface area (Å²) in [7, 11) is 1.51. The van der Waals surface area contributed by atoms with Gasteiger partial charge >= 0.3 is 17.6 Å². The normalized spacial score (nSPS) is 27.9. The highest BCUT2D eigenvalue weighted by Gasteiger charge is 2.64. The van der Waals surface area contributed by atoms with Crippen LogP contribution >= 0.6 is 0 Å². The van der Waals surface area contributed by atoms with E-state index in [9.17, 15) is 20.1 Å². The summed E-state index contributed by atoms with van der Waals surface area (Å²) in [5.74, 6) is -1.95. The molecule has 7 aliphatic rings. The lowest BCUT2D eigenvalue weighted by molar-refractivity contribution is -0.205. The first-order valence-electron chi connectivity index (χ1n) is 28.1. The van der Waals surface area contributed by atoms with Gasteiger partial charge in [0.2, 0.25) is 0 Å². The van der Waals surface area contributed by atoms with E-state index < -0.39 is 47.9 Å². The predicted molar refractivity (Wildman–Crippen MR) is 301 cm³/mol. The van der Waals surface area contributed by atoms with Crippen molar-refractivity contribution in [3.63, 3.8) is 0 Å². The highest BCUT2D eigenvalue weighted by molar-refractivity contribution is 5.90. The number of aliphatic hydroxyl groups is 3. The van der Waals surface area contributed by atoms with Crippen LogP contribution in [0.1, 0.15) is 131 Å². The van der Waals surface area contributed by atoms with E-state index in [4.69, 9.17) is 23.4 Å². The van der Waals surface area contributed by atoms with Crippen LogP contribution in [-0.2, 0) is 43.2 Å². The van der Waals surface area contributed by atoms with E-state index in [0.717, 1.165) is 28.7 Å². The summed E-state index contributed by atoms with van der Waals surface area (Å²) in [6.45, 7) is 0.646. The Morgan fingerprint density at radius 1 is 0.797 bits per heavy atom. The molecule has 11 heteroatoms. The Balaban J connectivity index is 1.02. The molecule has 1 fully saturated rings. The molecule has 1 spiro atoms. The smallest absolute Gasteiger partial charge is 0.340 e. The lowest BCUT2D eigenvalue weighted by Crippen LogP contribution is -2.61. The van der Waals surface area contributed by atoms with Gasteiger partial charge in [-0.25, -0.2) is 9.59 Å². The van der Waals surface area contributed by atoms with Crippen molar-refractivity contribution in [3.8, 4) is 5.75 Å². The SMILES string of the molecule is COC[C@@H](CCO)c1c(CO)c2ccc3c(c2oc1=O)[C@H]1OC(=O)C[C@@H]2C[C@@H](c4cccc(Cc5ccccc5)c4)C=C[C@H]2c2ccc(cc2)CC/C(=C(\C)CO)C(=O)O[C@@H]1[C@@]1(CC=C[C@H]2[C@H]4C=Cc5ccccc5[C@H]4C[C@@H]21)O3. The van der Waals surface area contributed by atoms with Gasteiger partial charge in [-0.15, -0.1) is 0 Å². The molecule has 0 unspecified atom stereocenters. The first-order chi connectivity index (χ1) is 38.6. The molecule has 6 aromatic rings. The topological polar surface area (TPSA) is 162 Å². The summed E-state index contributed by atoms with van der Waals surface area (Å²) in [6.07, 6.45) is 14.1. The zero-order chi connectivity index (χ0) is 54.4. The molecule has 3 aliphatic heterocycles. The average molecular weight is 1060 g/mol. The molecule has 0 amide bonds. The summed E-state index contributed by atoms with van der Waals surface area (Å²) in [5, 5.41) is 32.5. The second-order valence-corrected chi connectivity index (χ2v) is 22.8. The zero-order valence-corrected chi connectivity index (χ0v) is 44.8. The Morgan fingerprint density at radius 3 is 2.41 bits per heavy atom. The van der Waals surface area contributed by atoms with Crippen LogP contribution in [0.25, 0.3) is 17.0 Å². The van der Waals surface area contributed by atoms with Crippen LogP contribution in [0, 0.1) is 23.7 Å². The van der Waals surface area contributed by atoms with Crippen LogP contribution in [0.15, 0.2) is 166 Å². The average Bonchev–Trinajstić information content (AvgIpc) is 4.15. The maximum absolute atomic E-state index is 15.6. The van der Waals surface area contributed by atoms with Gasteiger partial charge in [0.15, 0.2) is 17.8 Å². The van der Waals surface area contributed by atoms with Gasteiger partial charge in [0, 0.05) is 66.8 Å². The molecule has 11 nitrogen and oxygen atoms in total. The van der Waals surface area contributed by atoms with E-state index in [1.165, 1.54) is 23.8 Å². The molecule has 406 valence electrons. The maximum atomic E-state index is 15.6. The number of hydrogen-bond acceptors (Lipinski definition) is 11. The van der Waals surface area contributed by atoms with Crippen LogP contribution in [-0.4, -0.2) is 65.9 Å². The standard InChI is InChI=1S/C68H68O11/c1-40(37-70)50-24-19-41-17-20-45(21-18-41)51-25-23-47(46-14-8-12-43(33-46)32-42-10-4-3-5-11-42)34-49(51)35-60(72)76-64-62-59(28-27-55-57(38-71)61(67(74)77-63(55)62)48(29-31-69)39-75-2)79-68(65(64)78-66(50)73)30-9-16-54-53-26-22-44-13-6-7-15-52(44)56(53)36-58(54)68/h3-18,20-23,25-28,33,47-49,51,53-54,56,58,64-65,69-71H,19,24,29-32,34-39H2,1-2H3/b50-40-/t47-,48+,49-,51-,53+,54-,56+,58-,64+,65-,68-/m0/s1. The Labute approximate surface area is 460 Å². The van der Waals surface area contributed by atoms with Gasteiger partial charge in [-0.05, 0) is 131 Å². The maximum Gasteiger partial charge on any atom is 0.340 e. The number of carbonyl (C=O) groups is 2. The van der Waals surface area contributed by atoms with E-state index in [-0.39, 0.29) is 103 Å². The van der Waals surface area contributed by atoms with Gasteiger partial charge < -0.3 is 38.7 Å². The van der Waals surface area contributed by atoms with E-state index >= 15 is 9.59 Å². The third-order valence-electron chi connectivity index (χ3n) is 18.4. The molecule has 1 saturated carbocycles. The highest BCUT2D eigenvalue weighted by atomic mass is 16.6. The monoisotopic (exact) mass is 1060 g/mol. The van der Waals surface area contributed by atoms with Crippen LogP contribution in [0.2, 0.25) is 0 Å². The number of aliphatic hydroxyl groups excluding tert-OH is 3. The van der Waals surface area contributed by atoms with Crippen molar-refractivity contribution in [1.82, 2.24) is 0 Å². The molecule has 3 N–H and O–H groups in total. The molecule has 0 radical (unpaired) electrons. The number of ether oxygens (including phenoxy) is 4. The van der Waals surface area contributed by atoms with Crippen LogP contribution < -0.4 is 10.4 Å². The summed E-state index contributed by atoms with van der Waals surface area (Å²) >= 11 is 0. The molecule has 4 heterocycles. The molecule has 1 aromatic heterocycles. The fraction of sp³-hybridized carbons (Fsp3) is 0.368. The van der Waals surface area contributed by atoms with Gasteiger partial charge in [0.05, 0.1) is 25.4 Å². The van der Waals surface area contributed by atoms with Crippen LogP contribution in [0.5, 0.6) is 5.75 Å². The van der Waals surface area contributed by atoms with E-state index in [2.05, 4.69) is 134 Å². The summed E-state index contributed by atoms with van der Waals surface area (Å²) in [6, 6.07) is 39.5. The van der Waals surface area contributed by atoms with Crippen molar-refractivity contribution in [3.05, 3.63) is 223 Å². The van der Waals surface area contributed by atoms with Crippen molar-refractivity contribution in [2.45, 2.75) is 106 Å².